The molecular formula is C12H17NO2S. The molecule has 16 heavy (non-hydrogen) atoms. The molecule has 3 nitrogen and oxygen atoms in total. The molecule has 0 bridgehead atoms. The molecule has 1 aromatic rings. The SMILES string of the molecule is COc1ccc(OC)c(C2(N)CC2)c1SC. The van der Waals surface area contributed by atoms with Gasteiger partial charge in [0.2, 0.25) is 0 Å². The van der Waals surface area contributed by atoms with Crippen molar-refractivity contribution in [3.63, 3.8) is 0 Å². The summed E-state index contributed by atoms with van der Waals surface area (Å²) in [6, 6.07) is 3.86. The van der Waals surface area contributed by atoms with Crippen molar-refractivity contribution in [2.75, 3.05) is 20.5 Å². The van der Waals surface area contributed by atoms with Gasteiger partial charge in [0, 0.05) is 11.1 Å². The van der Waals surface area contributed by atoms with Gasteiger partial charge in [-0.05, 0) is 31.2 Å². The third kappa shape index (κ3) is 1.76. The highest BCUT2D eigenvalue weighted by molar-refractivity contribution is 7.98. The van der Waals surface area contributed by atoms with Crippen LogP contribution in [0.2, 0.25) is 0 Å². The van der Waals surface area contributed by atoms with Crippen LogP contribution in [0.15, 0.2) is 17.0 Å². The summed E-state index contributed by atoms with van der Waals surface area (Å²) in [4.78, 5) is 1.10. The lowest BCUT2D eigenvalue weighted by Gasteiger charge is -2.20. The number of thioether (sulfide) groups is 1. The number of hydrogen-bond donors (Lipinski definition) is 1. The van der Waals surface area contributed by atoms with Gasteiger partial charge in [-0.3, -0.25) is 0 Å². The van der Waals surface area contributed by atoms with Crippen LogP contribution in [0.3, 0.4) is 0 Å². The van der Waals surface area contributed by atoms with Crippen LogP contribution in [-0.4, -0.2) is 20.5 Å². The largest absolute Gasteiger partial charge is 0.496 e. The first kappa shape index (κ1) is 11.6. The Balaban J connectivity index is 2.59. The normalized spacial score (nSPS) is 17.0. The molecule has 0 aromatic heterocycles. The fraction of sp³-hybridized carbons (Fsp3) is 0.500. The molecule has 1 saturated carbocycles. The van der Waals surface area contributed by atoms with E-state index in [9.17, 15) is 0 Å². The molecule has 88 valence electrons. The van der Waals surface area contributed by atoms with Gasteiger partial charge in [0.05, 0.1) is 19.1 Å². The first-order valence-corrected chi connectivity index (χ1v) is 6.47. The van der Waals surface area contributed by atoms with Gasteiger partial charge in [-0.15, -0.1) is 11.8 Å². The lowest BCUT2D eigenvalue weighted by molar-refractivity contribution is 0.384. The maximum absolute atomic E-state index is 6.30. The van der Waals surface area contributed by atoms with Crippen LogP contribution in [0.1, 0.15) is 18.4 Å². The van der Waals surface area contributed by atoms with Gasteiger partial charge in [0.1, 0.15) is 11.5 Å². The Kier molecular flexibility index (Phi) is 3.04. The van der Waals surface area contributed by atoms with E-state index < -0.39 is 0 Å². The molecule has 0 radical (unpaired) electrons. The average Bonchev–Trinajstić information content (AvgIpc) is 3.06. The van der Waals surface area contributed by atoms with Crippen LogP contribution in [0.4, 0.5) is 0 Å². The quantitative estimate of drug-likeness (QED) is 0.819. The molecule has 1 aromatic carbocycles. The Morgan fingerprint density at radius 3 is 2.19 bits per heavy atom. The topological polar surface area (TPSA) is 44.5 Å². The number of methoxy groups -OCH3 is 2. The Morgan fingerprint density at radius 2 is 1.75 bits per heavy atom. The highest BCUT2D eigenvalue weighted by Crippen LogP contribution is 2.52. The zero-order valence-electron chi connectivity index (χ0n) is 9.87. The van der Waals surface area contributed by atoms with E-state index >= 15 is 0 Å². The molecule has 2 N–H and O–H groups in total. The van der Waals surface area contributed by atoms with E-state index in [0.29, 0.717) is 0 Å². The maximum Gasteiger partial charge on any atom is 0.133 e. The van der Waals surface area contributed by atoms with Crippen LogP contribution in [-0.2, 0) is 5.54 Å². The maximum atomic E-state index is 6.30. The van der Waals surface area contributed by atoms with Crippen molar-refractivity contribution >= 4 is 11.8 Å². The molecule has 0 atom stereocenters. The Bertz CT molecular complexity index is 402. The Hall–Kier alpha value is -0.870. The molecule has 0 amide bonds. The van der Waals surface area contributed by atoms with Crippen molar-refractivity contribution in [1.29, 1.82) is 0 Å². The monoisotopic (exact) mass is 239 g/mol. The highest BCUT2D eigenvalue weighted by atomic mass is 32.2. The first-order chi connectivity index (χ1) is 7.66. The van der Waals surface area contributed by atoms with Gasteiger partial charge in [-0.25, -0.2) is 0 Å². The summed E-state index contributed by atoms with van der Waals surface area (Å²) >= 11 is 1.66. The molecule has 0 aliphatic heterocycles. The molecular weight excluding hydrogens is 222 g/mol. The Labute approximate surface area is 100 Å². The zero-order chi connectivity index (χ0) is 11.8. The van der Waals surface area contributed by atoms with Crippen molar-refractivity contribution < 1.29 is 9.47 Å². The van der Waals surface area contributed by atoms with E-state index in [1.165, 1.54) is 0 Å². The third-order valence-corrected chi connectivity index (χ3v) is 3.83. The summed E-state index contributed by atoms with van der Waals surface area (Å²) in [5, 5.41) is 0. The number of rotatable bonds is 4. The molecule has 1 aliphatic carbocycles. The number of hydrogen-bond acceptors (Lipinski definition) is 4. The van der Waals surface area contributed by atoms with E-state index in [1.54, 1.807) is 26.0 Å². The van der Waals surface area contributed by atoms with Gasteiger partial charge in [0.25, 0.3) is 0 Å². The summed E-state index contributed by atoms with van der Waals surface area (Å²) in [6.07, 6.45) is 4.07. The molecule has 4 heteroatoms. The van der Waals surface area contributed by atoms with E-state index in [2.05, 4.69) is 0 Å². The zero-order valence-corrected chi connectivity index (χ0v) is 10.7. The van der Waals surface area contributed by atoms with Gasteiger partial charge in [-0.1, -0.05) is 0 Å². The van der Waals surface area contributed by atoms with E-state index in [0.717, 1.165) is 34.8 Å². The molecule has 1 aliphatic rings. The van der Waals surface area contributed by atoms with E-state index in [4.69, 9.17) is 15.2 Å². The summed E-state index contributed by atoms with van der Waals surface area (Å²) < 4.78 is 10.8. The number of nitrogens with two attached hydrogens (primary N) is 1. The van der Waals surface area contributed by atoms with Crippen molar-refractivity contribution in [3.05, 3.63) is 17.7 Å². The summed E-state index contributed by atoms with van der Waals surface area (Å²) in [5.41, 5.74) is 7.18. The van der Waals surface area contributed by atoms with Gasteiger partial charge in [-0.2, -0.15) is 0 Å². The minimum absolute atomic E-state index is 0.210. The molecule has 1 fully saturated rings. The van der Waals surface area contributed by atoms with Crippen LogP contribution in [0, 0.1) is 0 Å². The van der Waals surface area contributed by atoms with E-state index in [-0.39, 0.29) is 5.54 Å². The van der Waals surface area contributed by atoms with Crippen LogP contribution in [0.25, 0.3) is 0 Å². The standard InChI is InChI=1S/C12H17NO2S/c1-14-8-4-5-9(15-2)11(16-3)10(8)12(13)6-7-12/h4-5H,6-7,13H2,1-3H3. The summed E-state index contributed by atoms with van der Waals surface area (Å²) in [5.74, 6) is 1.74. The second-order valence-electron chi connectivity index (χ2n) is 4.03. The summed E-state index contributed by atoms with van der Waals surface area (Å²) in [6.45, 7) is 0. The molecule has 0 heterocycles. The smallest absolute Gasteiger partial charge is 0.133 e. The number of benzene rings is 1. The van der Waals surface area contributed by atoms with Gasteiger partial charge in [0.15, 0.2) is 0 Å². The van der Waals surface area contributed by atoms with Gasteiger partial charge >= 0.3 is 0 Å². The van der Waals surface area contributed by atoms with Crippen LogP contribution in [0.5, 0.6) is 11.5 Å². The second-order valence-corrected chi connectivity index (χ2v) is 4.85. The van der Waals surface area contributed by atoms with Crippen LogP contribution < -0.4 is 15.2 Å². The van der Waals surface area contributed by atoms with Crippen molar-refractivity contribution in [2.24, 2.45) is 5.73 Å². The van der Waals surface area contributed by atoms with Crippen molar-refractivity contribution in [1.82, 2.24) is 0 Å². The minimum atomic E-state index is -0.210. The Morgan fingerprint density at radius 1 is 1.19 bits per heavy atom. The van der Waals surface area contributed by atoms with Crippen molar-refractivity contribution in [2.45, 2.75) is 23.3 Å². The minimum Gasteiger partial charge on any atom is -0.496 e. The lowest BCUT2D eigenvalue weighted by Crippen LogP contribution is -2.21. The van der Waals surface area contributed by atoms with Gasteiger partial charge < -0.3 is 15.2 Å². The average molecular weight is 239 g/mol. The predicted molar refractivity (Wildman–Crippen MR) is 66.4 cm³/mol. The molecule has 0 saturated heterocycles. The second kappa shape index (κ2) is 4.18. The predicted octanol–water partition coefficient (Wildman–Crippen LogP) is 2.37. The van der Waals surface area contributed by atoms with E-state index in [1.807, 2.05) is 18.4 Å². The summed E-state index contributed by atoms with van der Waals surface area (Å²) in [7, 11) is 3.36. The highest BCUT2D eigenvalue weighted by Gasteiger charge is 2.44. The third-order valence-electron chi connectivity index (χ3n) is 3.01. The number of ether oxygens (including phenoxy) is 2. The fourth-order valence-corrected chi connectivity index (χ4v) is 2.80. The lowest BCUT2D eigenvalue weighted by atomic mass is 10.0. The first-order valence-electron chi connectivity index (χ1n) is 5.24. The molecule has 0 unspecified atom stereocenters. The van der Waals surface area contributed by atoms with Crippen molar-refractivity contribution in [3.8, 4) is 11.5 Å². The van der Waals surface area contributed by atoms with Crippen LogP contribution >= 0.6 is 11.8 Å². The fourth-order valence-electron chi connectivity index (χ4n) is 1.94. The molecule has 2 rings (SSSR count). The molecule has 0 spiro atoms.